The Morgan fingerprint density at radius 2 is 1.90 bits per heavy atom. The summed E-state index contributed by atoms with van der Waals surface area (Å²) in [6, 6.07) is 16.1. The minimum atomic E-state index is -3.50. The van der Waals surface area contributed by atoms with Crippen molar-refractivity contribution in [3.05, 3.63) is 60.5 Å². The van der Waals surface area contributed by atoms with Gasteiger partial charge in [-0.2, -0.15) is 4.98 Å². The summed E-state index contributed by atoms with van der Waals surface area (Å²) in [6.07, 6.45) is 0.478. The Morgan fingerprint density at radius 3 is 2.67 bits per heavy atom. The first-order valence-electron chi connectivity index (χ1n) is 9.31. The number of ether oxygens (including phenoxy) is 1. The van der Waals surface area contributed by atoms with E-state index in [-0.39, 0.29) is 31.3 Å². The number of para-hydroxylation sites is 2. The summed E-state index contributed by atoms with van der Waals surface area (Å²) in [5.74, 6) is 0.640. The molecule has 1 atom stereocenters. The first kappa shape index (κ1) is 19.9. The third-order valence-electron chi connectivity index (χ3n) is 4.60. The summed E-state index contributed by atoms with van der Waals surface area (Å²) in [5.41, 5.74) is 1.23. The fourth-order valence-electron chi connectivity index (χ4n) is 3.17. The van der Waals surface area contributed by atoms with Crippen molar-refractivity contribution in [1.29, 1.82) is 0 Å². The second kappa shape index (κ2) is 8.15. The molecule has 156 valence electrons. The largest absolute Gasteiger partial charge is 0.478 e. The number of hydrogen-bond acceptors (Lipinski definition) is 7. The summed E-state index contributed by atoms with van der Waals surface area (Å²) in [5, 5.41) is 6.63. The Kier molecular flexibility index (Phi) is 5.40. The normalized spacial score (nSPS) is 16.3. The molecule has 9 nitrogen and oxygen atoms in total. The third kappa shape index (κ3) is 4.28. The van der Waals surface area contributed by atoms with Gasteiger partial charge in [-0.1, -0.05) is 47.6 Å². The first-order chi connectivity index (χ1) is 14.4. The van der Waals surface area contributed by atoms with Crippen molar-refractivity contribution in [1.82, 2.24) is 15.5 Å². The monoisotopic (exact) mass is 428 g/mol. The molecular formula is C20H20N4O5S. The molecule has 0 spiro atoms. The molecule has 3 aromatic rings. The number of carbonyl (C=O) groups excluding carboxylic acids is 1. The van der Waals surface area contributed by atoms with Crippen molar-refractivity contribution in [2.24, 2.45) is 0 Å². The van der Waals surface area contributed by atoms with Crippen LogP contribution in [0.4, 0.5) is 5.69 Å². The SMILES string of the molecule is CS(=O)(=O)N1CC[C@H](C(=O)NCc2nc(-c3ccccc3)no2)Oc2ccccc21. The van der Waals surface area contributed by atoms with Gasteiger partial charge in [0.1, 0.15) is 5.75 Å². The van der Waals surface area contributed by atoms with E-state index in [1.807, 2.05) is 30.3 Å². The van der Waals surface area contributed by atoms with Crippen LogP contribution in [0.5, 0.6) is 5.75 Å². The highest BCUT2D eigenvalue weighted by molar-refractivity contribution is 7.92. The minimum Gasteiger partial charge on any atom is -0.478 e. The lowest BCUT2D eigenvalue weighted by molar-refractivity contribution is -0.128. The molecule has 2 heterocycles. The molecule has 0 unspecified atom stereocenters. The summed E-state index contributed by atoms with van der Waals surface area (Å²) in [7, 11) is -3.50. The second-order valence-corrected chi connectivity index (χ2v) is 8.70. The molecule has 0 fully saturated rings. The van der Waals surface area contributed by atoms with Crippen LogP contribution in [0.15, 0.2) is 59.1 Å². The number of nitrogens with zero attached hydrogens (tertiary/aromatic N) is 3. The Hall–Kier alpha value is -3.40. The molecular weight excluding hydrogens is 408 g/mol. The predicted molar refractivity (Wildman–Crippen MR) is 109 cm³/mol. The van der Waals surface area contributed by atoms with E-state index in [9.17, 15) is 13.2 Å². The molecule has 1 aliphatic heterocycles. The van der Waals surface area contributed by atoms with Gasteiger partial charge in [-0.15, -0.1) is 0 Å². The number of hydrogen-bond donors (Lipinski definition) is 1. The highest BCUT2D eigenvalue weighted by Gasteiger charge is 2.31. The van der Waals surface area contributed by atoms with Crippen LogP contribution in [0.25, 0.3) is 11.4 Å². The Labute approximate surface area is 173 Å². The van der Waals surface area contributed by atoms with Gasteiger partial charge in [0.2, 0.25) is 21.7 Å². The number of nitrogens with one attached hydrogen (secondary N) is 1. The van der Waals surface area contributed by atoms with Crippen molar-refractivity contribution in [2.45, 2.75) is 19.1 Å². The first-order valence-corrected chi connectivity index (χ1v) is 11.2. The lowest BCUT2D eigenvalue weighted by Crippen LogP contribution is -2.39. The summed E-state index contributed by atoms with van der Waals surface area (Å²) < 4.78 is 36.6. The van der Waals surface area contributed by atoms with Gasteiger partial charge >= 0.3 is 0 Å². The number of aromatic nitrogens is 2. The molecule has 0 saturated carbocycles. The maximum Gasteiger partial charge on any atom is 0.261 e. The van der Waals surface area contributed by atoms with Crippen LogP contribution in [0.3, 0.4) is 0 Å². The van der Waals surface area contributed by atoms with Gasteiger partial charge < -0.3 is 14.6 Å². The average Bonchev–Trinajstić information content (AvgIpc) is 3.11. The van der Waals surface area contributed by atoms with Crippen molar-refractivity contribution in [3.8, 4) is 17.1 Å². The van der Waals surface area contributed by atoms with E-state index in [1.165, 1.54) is 4.31 Å². The van der Waals surface area contributed by atoms with Gasteiger partial charge in [0.05, 0.1) is 18.5 Å². The summed E-state index contributed by atoms with van der Waals surface area (Å²) >= 11 is 0. The summed E-state index contributed by atoms with van der Waals surface area (Å²) in [4.78, 5) is 16.9. The smallest absolute Gasteiger partial charge is 0.261 e. The van der Waals surface area contributed by atoms with Gasteiger partial charge in [-0.25, -0.2) is 8.42 Å². The predicted octanol–water partition coefficient (Wildman–Crippen LogP) is 1.97. The van der Waals surface area contributed by atoms with Crippen LogP contribution >= 0.6 is 0 Å². The molecule has 0 aliphatic carbocycles. The maximum absolute atomic E-state index is 12.7. The summed E-state index contributed by atoms with van der Waals surface area (Å²) in [6.45, 7) is 0.169. The number of sulfonamides is 1. The van der Waals surface area contributed by atoms with E-state index in [4.69, 9.17) is 9.26 Å². The van der Waals surface area contributed by atoms with Crippen LogP contribution in [0, 0.1) is 0 Å². The van der Waals surface area contributed by atoms with E-state index < -0.39 is 16.1 Å². The van der Waals surface area contributed by atoms with Gasteiger partial charge in [0, 0.05) is 18.5 Å². The number of anilines is 1. The van der Waals surface area contributed by atoms with E-state index in [1.54, 1.807) is 24.3 Å². The number of carbonyl (C=O) groups is 1. The number of rotatable bonds is 5. The Morgan fingerprint density at radius 1 is 1.17 bits per heavy atom. The van der Waals surface area contributed by atoms with Gasteiger partial charge in [0.15, 0.2) is 6.10 Å². The van der Waals surface area contributed by atoms with E-state index in [0.29, 0.717) is 17.3 Å². The zero-order chi connectivity index (χ0) is 21.1. The maximum atomic E-state index is 12.7. The van der Waals surface area contributed by atoms with Crippen LogP contribution < -0.4 is 14.4 Å². The fraction of sp³-hybridized carbons (Fsp3) is 0.250. The van der Waals surface area contributed by atoms with Crippen LogP contribution in [-0.4, -0.2) is 43.4 Å². The molecule has 1 amide bonds. The van der Waals surface area contributed by atoms with Crippen LogP contribution in [0.1, 0.15) is 12.3 Å². The standard InChI is InChI=1S/C20H20N4O5S/c1-30(26,27)24-12-11-17(28-16-10-6-5-9-15(16)24)20(25)21-13-18-22-19(23-29-18)14-7-3-2-4-8-14/h2-10,17H,11-13H2,1H3,(H,21,25)/t17-/m1/s1. The molecule has 4 rings (SSSR count). The number of benzene rings is 2. The van der Waals surface area contributed by atoms with E-state index >= 15 is 0 Å². The van der Waals surface area contributed by atoms with Crippen LogP contribution in [0.2, 0.25) is 0 Å². The topological polar surface area (TPSA) is 115 Å². The molecule has 1 aromatic heterocycles. The van der Waals surface area contributed by atoms with Crippen molar-refractivity contribution in [3.63, 3.8) is 0 Å². The van der Waals surface area contributed by atoms with Gasteiger partial charge in [-0.05, 0) is 12.1 Å². The molecule has 2 aromatic carbocycles. The minimum absolute atomic E-state index is 0.0377. The Bertz CT molecular complexity index is 1150. The Balaban J connectivity index is 1.44. The third-order valence-corrected chi connectivity index (χ3v) is 5.78. The zero-order valence-corrected chi connectivity index (χ0v) is 17.0. The fourth-order valence-corrected chi connectivity index (χ4v) is 4.11. The molecule has 0 saturated heterocycles. The molecule has 30 heavy (non-hydrogen) atoms. The van der Waals surface area contributed by atoms with E-state index in [0.717, 1.165) is 11.8 Å². The highest BCUT2D eigenvalue weighted by atomic mass is 32.2. The lowest BCUT2D eigenvalue weighted by Gasteiger charge is -2.20. The quantitative estimate of drug-likeness (QED) is 0.661. The number of fused-ring (bicyclic) bond motifs is 1. The van der Waals surface area contributed by atoms with E-state index in [2.05, 4.69) is 15.5 Å². The van der Waals surface area contributed by atoms with Crippen molar-refractivity contribution >= 4 is 21.6 Å². The molecule has 0 radical (unpaired) electrons. The van der Waals surface area contributed by atoms with Gasteiger partial charge in [-0.3, -0.25) is 9.10 Å². The average molecular weight is 428 g/mol. The molecule has 0 bridgehead atoms. The lowest BCUT2D eigenvalue weighted by atomic mass is 10.2. The second-order valence-electron chi connectivity index (χ2n) is 6.79. The zero-order valence-electron chi connectivity index (χ0n) is 16.2. The van der Waals surface area contributed by atoms with Crippen molar-refractivity contribution in [2.75, 3.05) is 17.1 Å². The molecule has 10 heteroatoms. The molecule has 1 N–H and O–H groups in total. The van der Waals surface area contributed by atoms with Crippen molar-refractivity contribution < 1.29 is 22.5 Å². The highest BCUT2D eigenvalue weighted by Crippen LogP contribution is 2.33. The number of amides is 1. The van der Waals surface area contributed by atoms with Crippen LogP contribution in [-0.2, 0) is 21.4 Å². The van der Waals surface area contributed by atoms with Gasteiger partial charge in [0.25, 0.3) is 5.91 Å². The molecule has 1 aliphatic rings.